The molecule has 10 heteroatoms. The molecular formula is C15H15F3N6O. The van der Waals surface area contributed by atoms with Crippen molar-refractivity contribution in [3.05, 3.63) is 35.5 Å². The summed E-state index contributed by atoms with van der Waals surface area (Å²) in [6.07, 6.45) is -3.61. The van der Waals surface area contributed by atoms with Crippen molar-refractivity contribution in [2.75, 3.05) is 29.0 Å². The van der Waals surface area contributed by atoms with Gasteiger partial charge in [-0.2, -0.15) is 18.2 Å². The van der Waals surface area contributed by atoms with Crippen LogP contribution in [-0.2, 0) is 17.4 Å². The van der Waals surface area contributed by atoms with Crippen LogP contribution >= 0.6 is 0 Å². The predicted octanol–water partition coefficient (Wildman–Crippen LogP) is 2.10. The van der Waals surface area contributed by atoms with E-state index in [0.29, 0.717) is 17.6 Å². The number of aromatic nitrogens is 2. The molecule has 0 spiro atoms. The molecule has 0 atom stereocenters. The number of anilines is 4. The highest BCUT2D eigenvalue weighted by atomic mass is 19.4. The van der Waals surface area contributed by atoms with Crippen molar-refractivity contribution < 1.29 is 18.0 Å². The maximum Gasteiger partial charge on any atom is 0.421 e. The second kappa shape index (κ2) is 6.55. The zero-order valence-electron chi connectivity index (χ0n) is 12.9. The second-order valence-corrected chi connectivity index (χ2v) is 5.39. The first-order valence-corrected chi connectivity index (χ1v) is 7.45. The Bertz CT molecular complexity index is 808. The highest BCUT2D eigenvalue weighted by molar-refractivity contribution is 5.99. The van der Waals surface area contributed by atoms with E-state index in [0.717, 1.165) is 5.56 Å². The topological polar surface area (TPSA) is 105 Å². The summed E-state index contributed by atoms with van der Waals surface area (Å²) in [5, 5.41) is 8.10. The SMILES string of the molecule is NCCNc1nc(Nc2ccc3c(c2)CC(=O)N3)ncc1C(F)(F)F. The molecule has 1 aliphatic heterocycles. The molecular weight excluding hydrogens is 337 g/mol. The Morgan fingerprint density at radius 1 is 1.32 bits per heavy atom. The first kappa shape index (κ1) is 17.0. The van der Waals surface area contributed by atoms with Crippen molar-refractivity contribution in [3.8, 4) is 0 Å². The van der Waals surface area contributed by atoms with E-state index in [1.54, 1.807) is 18.2 Å². The molecule has 0 unspecified atom stereocenters. The molecule has 1 amide bonds. The van der Waals surface area contributed by atoms with Gasteiger partial charge < -0.3 is 21.7 Å². The van der Waals surface area contributed by atoms with E-state index < -0.39 is 11.7 Å². The van der Waals surface area contributed by atoms with Crippen LogP contribution in [0.3, 0.4) is 0 Å². The quantitative estimate of drug-likeness (QED) is 0.657. The Morgan fingerprint density at radius 3 is 2.84 bits per heavy atom. The molecule has 25 heavy (non-hydrogen) atoms. The van der Waals surface area contributed by atoms with E-state index in [1.165, 1.54) is 0 Å². The summed E-state index contributed by atoms with van der Waals surface area (Å²) in [7, 11) is 0. The lowest BCUT2D eigenvalue weighted by molar-refractivity contribution is -0.137. The third-order valence-corrected chi connectivity index (χ3v) is 3.52. The van der Waals surface area contributed by atoms with Crippen molar-refractivity contribution in [1.82, 2.24) is 9.97 Å². The third-order valence-electron chi connectivity index (χ3n) is 3.52. The Morgan fingerprint density at radius 2 is 2.12 bits per heavy atom. The average molecular weight is 352 g/mol. The summed E-state index contributed by atoms with van der Waals surface area (Å²) in [4.78, 5) is 19.0. The van der Waals surface area contributed by atoms with Gasteiger partial charge in [-0.05, 0) is 23.8 Å². The molecule has 0 aliphatic carbocycles. The van der Waals surface area contributed by atoms with Gasteiger partial charge in [0, 0.05) is 30.7 Å². The number of hydrogen-bond acceptors (Lipinski definition) is 6. The van der Waals surface area contributed by atoms with Gasteiger partial charge in [0.2, 0.25) is 11.9 Å². The number of amides is 1. The zero-order valence-corrected chi connectivity index (χ0v) is 12.9. The maximum atomic E-state index is 13.0. The van der Waals surface area contributed by atoms with E-state index in [2.05, 4.69) is 25.9 Å². The number of nitrogens with two attached hydrogens (primary N) is 1. The standard InChI is InChI=1S/C15H15F3N6O/c16-15(17,18)10-7-21-14(24-13(10)20-4-3-19)22-9-1-2-11-8(5-9)6-12(25)23-11/h1-2,5,7H,3-4,6,19H2,(H,23,25)(H2,20,21,22,24). The fourth-order valence-corrected chi connectivity index (χ4v) is 2.41. The highest BCUT2D eigenvalue weighted by Crippen LogP contribution is 2.34. The minimum absolute atomic E-state index is 0.00440. The van der Waals surface area contributed by atoms with E-state index in [1.807, 2.05) is 0 Å². The number of benzene rings is 1. The van der Waals surface area contributed by atoms with Gasteiger partial charge in [0.15, 0.2) is 0 Å². The number of carbonyl (C=O) groups is 1. The molecule has 0 radical (unpaired) electrons. The lowest BCUT2D eigenvalue weighted by Crippen LogP contribution is -2.19. The van der Waals surface area contributed by atoms with E-state index in [4.69, 9.17) is 5.73 Å². The van der Waals surface area contributed by atoms with Crippen molar-refractivity contribution in [2.24, 2.45) is 5.73 Å². The summed E-state index contributed by atoms with van der Waals surface area (Å²) >= 11 is 0. The van der Waals surface area contributed by atoms with Crippen LogP contribution in [0.25, 0.3) is 0 Å². The lowest BCUT2D eigenvalue weighted by Gasteiger charge is -2.14. The van der Waals surface area contributed by atoms with Gasteiger partial charge in [0.05, 0.1) is 6.42 Å². The summed E-state index contributed by atoms with van der Waals surface area (Å²) in [6, 6.07) is 5.11. The molecule has 0 saturated heterocycles. The number of nitrogens with one attached hydrogen (secondary N) is 3. The predicted molar refractivity (Wildman–Crippen MR) is 86.6 cm³/mol. The number of alkyl halides is 3. The van der Waals surface area contributed by atoms with Crippen molar-refractivity contribution in [1.29, 1.82) is 0 Å². The molecule has 2 heterocycles. The average Bonchev–Trinajstić information content (AvgIpc) is 2.91. The molecule has 0 bridgehead atoms. The van der Waals surface area contributed by atoms with Crippen molar-refractivity contribution in [3.63, 3.8) is 0 Å². The number of hydrogen-bond donors (Lipinski definition) is 4. The van der Waals surface area contributed by atoms with Crippen LogP contribution in [0.5, 0.6) is 0 Å². The number of carbonyl (C=O) groups excluding carboxylic acids is 1. The molecule has 0 saturated carbocycles. The molecule has 1 aromatic heterocycles. The number of halogens is 3. The number of fused-ring (bicyclic) bond motifs is 1. The summed E-state index contributed by atoms with van der Waals surface area (Å²) in [5.74, 6) is -0.440. The summed E-state index contributed by atoms with van der Waals surface area (Å²) in [6.45, 7) is 0.308. The smallest absolute Gasteiger partial charge is 0.368 e. The third kappa shape index (κ3) is 3.79. The van der Waals surface area contributed by atoms with Crippen LogP contribution in [0.15, 0.2) is 24.4 Å². The molecule has 1 aromatic carbocycles. The molecule has 5 N–H and O–H groups in total. The van der Waals surface area contributed by atoms with Gasteiger partial charge in [-0.15, -0.1) is 0 Å². The first-order valence-electron chi connectivity index (χ1n) is 7.45. The van der Waals surface area contributed by atoms with Gasteiger partial charge in [-0.3, -0.25) is 4.79 Å². The van der Waals surface area contributed by atoms with E-state index in [9.17, 15) is 18.0 Å². The zero-order chi connectivity index (χ0) is 18.0. The second-order valence-electron chi connectivity index (χ2n) is 5.39. The van der Waals surface area contributed by atoms with Crippen LogP contribution in [0.2, 0.25) is 0 Å². The largest absolute Gasteiger partial charge is 0.421 e. The van der Waals surface area contributed by atoms with Crippen LogP contribution in [0.1, 0.15) is 11.1 Å². The van der Waals surface area contributed by atoms with Gasteiger partial charge in [-0.25, -0.2) is 4.98 Å². The highest BCUT2D eigenvalue weighted by Gasteiger charge is 2.35. The molecule has 132 valence electrons. The fourth-order valence-electron chi connectivity index (χ4n) is 2.41. The lowest BCUT2D eigenvalue weighted by atomic mass is 10.1. The number of nitrogens with zero attached hydrogens (tertiary/aromatic N) is 2. The van der Waals surface area contributed by atoms with Crippen molar-refractivity contribution >= 4 is 29.0 Å². The van der Waals surface area contributed by atoms with Crippen LogP contribution < -0.4 is 21.7 Å². The van der Waals surface area contributed by atoms with Crippen LogP contribution in [0.4, 0.5) is 36.3 Å². The summed E-state index contributed by atoms with van der Waals surface area (Å²) < 4.78 is 39.0. The van der Waals surface area contributed by atoms with Crippen LogP contribution in [0, 0.1) is 0 Å². The van der Waals surface area contributed by atoms with Gasteiger partial charge in [0.25, 0.3) is 0 Å². The monoisotopic (exact) mass is 352 g/mol. The Labute approximate surface area is 140 Å². The minimum atomic E-state index is -4.57. The molecule has 0 fully saturated rings. The summed E-state index contributed by atoms with van der Waals surface area (Å²) in [5.41, 5.74) is 6.44. The fraction of sp³-hybridized carbons (Fsp3) is 0.267. The Hall–Kier alpha value is -2.88. The van der Waals surface area contributed by atoms with Crippen LogP contribution in [-0.4, -0.2) is 29.0 Å². The Kier molecular flexibility index (Phi) is 4.45. The molecule has 2 aromatic rings. The van der Waals surface area contributed by atoms with Gasteiger partial charge in [0.1, 0.15) is 11.4 Å². The maximum absolute atomic E-state index is 13.0. The van der Waals surface area contributed by atoms with Gasteiger partial charge >= 0.3 is 6.18 Å². The normalized spacial score (nSPS) is 13.4. The number of rotatable bonds is 5. The molecule has 3 rings (SSSR count). The minimum Gasteiger partial charge on any atom is -0.368 e. The van der Waals surface area contributed by atoms with E-state index >= 15 is 0 Å². The first-order chi connectivity index (χ1) is 11.9. The molecule has 1 aliphatic rings. The molecule has 7 nitrogen and oxygen atoms in total. The van der Waals surface area contributed by atoms with Gasteiger partial charge in [-0.1, -0.05) is 0 Å². The van der Waals surface area contributed by atoms with E-state index in [-0.39, 0.29) is 37.2 Å². The van der Waals surface area contributed by atoms with Crippen molar-refractivity contribution in [2.45, 2.75) is 12.6 Å². The Balaban J connectivity index is 1.85.